The number of furan rings is 1. The van der Waals surface area contributed by atoms with Crippen LogP contribution in [0.2, 0.25) is 0 Å². The fourth-order valence-electron chi connectivity index (χ4n) is 3.98. The maximum absolute atomic E-state index is 13.4. The monoisotopic (exact) mass is 560 g/mol. The molecule has 6 aromatic rings. The average Bonchev–Trinajstić information content (AvgIpc) is 3.33. The summed E-state index contributed by atoms with van der Waals surface area (Å²) in [5.74, 6) is 0.649. The summed E-state index contributed by atoms with van der Waals surface area (Å²) in [4.78, 5) is 27.6. The predicted octanol–water partition coefficient (Wildman–Crippen LogP) is 6.55. The Labute approximate surface area is 204 Å². The molecule has 0 aliphatic rings. The van der Waals surface area contributed by atoms with Crippen molar-refractivity contribution in [2.24, 2.45) is 0 Å². The molecular weight excluding hydrogens is 548 g/mol. The van der Waals surface area contributed by atoms with Gasteiger partial charge < -0.3 is 4.42 Å². The average molecular weight is 562 g/mol. The number of benzene rings is 2. The normalized spacial score (nSPS) is 11.6. The van der Waals surface area contributed by atoms with E-state index >= 15 is 0 Å². The van der Waals surface area contributed by atoms with Gasteiger partial charge in [0.15, 0.2) is 11.3 Å². The number of nitrogens with zero attached hydrogens (tertiary/aromatic N) is 4. The number of hydrogen-bond acceptors (Lipinski definition) is 5. The molecule has 0 spiro atoms. The van der Waals surface area contributed by atoms with Gasteiger partial charge in [-0.1, -0.05) is 45.8 Å². The Morgan fingerprint density at radius 2 is 1.79 bits per heavy atom. The zero-order valence-electron chi connectivity index (χ0n) is 17.2. The molecule has 0 fully saturated rings. The van der Waals surface area contributed by atoms with Crippen LogP contribution in [0.5, 0.6) is 0 Å². The van der Waals surface area contributed by atoms with Gasteiger partial charge in [0.25, 0.3) is 5.56 Å². The van der Waals surface area contributed by atoms with E-state index in [1.165, 1.54) is 16.3 Å². The first-order valence-electron chi connectivity index (χ1n) is 10.1. The highest BCUT2D eigenvalue weighted by Crippen LogP contribution is 2.34. The lowest BCUT2D eigenvalue weighted by atomic mass is 10.0. The Hall–Kier alpha value is -3.36. The zero-order valence-corrected chi connectivity index (χ0v) is 20.4. The van der Waals surface area contributed by atoms with Crippen molar-refractivity contribution in [3.63, 3.8) is 0 Å². The molecule has 33 heavy (non-hydrogen) atoms. The fourth-order valence-corrected chi connectivity index (χ4v) is 5.36. The van der Waals surface area contributed by atoms with E-state index in [4.69, 9.17) is 14.4 Å². The molecule has 4 aromatic heterocycles. The summed E-state index contributed by atoms with van der Waals surface area (Å²) in [5, 5.41) is 1.14. The summed E-state index contributed by atoms with van der Waals surface area (Å²) in [6, 6.07) is 17.5. The number of rotatable bonds is 2. The van der Waals surface area contributed by atoms with E-state index < -0.39 is 0 Å². The van der Waals surface area contributed by atoms with Crippen molar-refractivity contribution >= 4 is 59.4 Å². The first kappa shape index (κ1) is 20.3. The van der Waals surface area contributed by atoms with Crippen LogP contribution >= 0.6 is 31.9 Å². The van der Waals surface area contributed by atoms with E-state index in [2.05, 4.69) is 36.8 Å². The Morgan fingerprint density at radius 1 is 0.970 bits per heavy atom. The van der Waals surface area contributed by atoms with Crippen molar-refractivity contribution in [1.29, 1.82) is 0 Å². The third-order valence-corrected chi connectivity index (χ3v) is 6.66. The molecule has 4 heterocycles. The number of fused-ring (bicyclic) bond motifs is 4. The minimum absolute atomic E-state index is 0.211. The molecule has 0 amide bonds. The van der Waals surface area contributed by atoms with Crippen LogP contribution in [0.15, 0.2) is 85.3 Å². The maximum Gasteiger partial charge on any atom is 0.268 e. The Bertz CT molecular complexity index is 1760. The lowest BCUT2D eigenvalue weighted by Gasteiger charge is -2.12. The summed E-state index contributed by atoms with van der Waals surface area (Å²) >= 11 is 6.98. The summed E-state index contributed by atoms with van der Waals surface area (Å²) in [6.07, 6.45) is 3.10. The molecule has 160 valence electrons. The van der Waals surface area contributed by atoms with Gasteiger partial charge in [0.1, 0.15) is 12.1 Å². The molecule has 0 saturated carbocycles. The minimum Gasteiger partial charge on any atom is -0.464 e. The van der Waals surface area contributed by atoms with Crippen LogP contribution in [0.1, 0.15) is 5.56 Å². The highest BCUT2D eigenvalue weighted by molar-refractivity contribution is 9.11. The number of aryl methyl sites for hydroxylation is 1. The van der Waals surface area contributed by atoms with Gasteiger partial charge in [0.05, 0.1) is 28.2 Å². The third-order valence-electron chi connectivity index (χ3n) is 5.57. The van der Waals surface area contributed by atoms with E-state index in [0.29, 0.717) is 37.8 Å². The SMILES string of the molecule is Cc1ccc(-c2cc(-c3ccco3)c3c(ncn4c(=O)c5c(Br)cc(Br)cc5nc34)n2)cc1. The molecule has 6 nitrogen and oxygen atoms in total. The van der Waals surface area contributed by atoms with Gasteiger partial charge in [-0.15, -0.1) is 0 Å². The van der Waals surface area contributed by atoms with Crippen molar-refractivity contribution < 1.29 is 4.42 Å². The molecule has 8 heteroatoms. The van der Waals surface area contributed by atoms with Crippen LogP contribution in [0.3, 0.4) is 0 Å². The van der Waals surface area contributed by atoms with Crippen molar-refractivity contribution in [2.45, 2.75) is 6.92 Å². The van der Waals surface area contributed by atoms with E-state index in [0.717, 1.165) is 21.3 Å². The number of hydrogen-bond donors (Lipinski definition) is 0. The zero-order chi connectivity index (χ0) is 22.7. The minimum atomic E-state index is -0.211. The van der Waals surface area contributed by atoms with Crippen LogP contribution in [0, 0.1) is 6.92 Å². The fraction of sp³-hybridized carbons (Fsp3) is 0.0400. The van der Waals surface area contributed by atoms with Gasteiger partial charge in [-0.3, -0.25) is 4.79 Å². The molecule has 0 unspecified atom stereocenters. The first-order chi connectivity index (χ1) is 16.0. The van der Waals surface area contributed by atoms with Crippen molar-refractivity contribution in [3.05, 3.63) is 92.1 Å². The number of halogens is 2. The molecule has 0 atom stereocenters. The number of pyridine rings is 1. The molecule has 0 bridgehead atoms. The van der Waals surface area contributed by atoms with Gasteiger partial charge in [-0.2, -0.15) is 0 Å². The standard InChI is InChI=1S/C25H14Br2N4O2/c1-13-4-6-14(7-5-13)18-11-16(20-3-2-8-33-20)21-23(29-18)28-12-31-24(21)30-19-10-15(26)9-17(27)22(19)25(31)32/h2-12H,1H3. The largest absolute Gasteiger partial charge is 0.464 e. The molecule has 0 aliphatic carbocycles. The predicted molar refractivity (Wildman–Crippen MR) is 135 cm³/mol. The van der Waals surface area contributed by atoms with Crippen LogP contribution in [-0.4, -0.2) is 19.4 Å². The molecule has 0 saturated heterocycles. The summed E-state index contributed by atoms with van der Waals surface area (Å²) in [7, 11) is 0. The maximum atomic E-state index is 13.4. The quantitative estimate of drug-likeness (QED) is 0.177. The summed E-state index contributed by atoms with van der Waals surface area (Å²) in [6.45, 7) is 2.05. The molecule has 2 aromatic carbocycles. The highest BCUT2D eigenvalue weighted by Gasteiger charge is 2.19. The lowest BCUT2D eigenvalue weighted by Crippen LogP contribution is -2.17. The van der Waals surface area contributed by atoms with Gasteiger partial charge in [-0.25, -0.2) is 19.4 Å². The van der Waals surface area contributed by atoms with E-state index in [1.807, 2.05) is 61.5 Å². The summed E-state index contributed by atoms with van der Waals surface area (Å²) < 4.78 is 8.70. The van der Waals surface area contributed by atoms with Crippen LogP contribution < -0.4 is 5.56 Å². The third kappa shape index (κ3) is 3.29. The molecule has 0 radical (unpaired) electrons. The van der Waals surface area contributed by atoms with E-state index in [1.54, 1.807) is 6.26 Å². The van der Waals surface area contributed by atoms with Crippen LogP contribution in [0.4, 0.5) is 0 Å². The molecule has 0 aliphatic heterocycles. The second kappa shape index (κ2) is 7.60. The first-order valence-corrected chi connectivity index (χ1v) is 11.7. The lowest BCUT2D eigenvalue weighted by molar-refractivity contribution is 0.583. The topological polar surface area (TPSA) is 73.3 Å². The van der Waals surface area contributed by atoms with Gasteiger partial charge in [0.2, 0.25) is 0 Å². The van der Waals surface area contributed by atoms with E-state index in [-0.39, 0.29) is 5.56 Å². The summed E-state index contributed by atoms with van der Waals surface area (Å²) in [5.41, 5.74) is 4.98. The Balaban J connectivity index is 1.77. The van der Waals surface area contributed by atoms with E-state index in [9.17, 15) is 4.79 Å². The highest BCUT2D eigenvalue weighted by atomic mass is 79.9. The Morgan fingerprint density at radius 3 is 2.55 bits per heavy atom. The second-order valence-corrected chi connectivity index (χ2v) is 9.50. The molecule has 0 N–H and O–H groups in total. The molecule has 6 rings (SSSR count). The Kier molecular flexibility index (Phi) is 4.67. The van der Waals surface area contributed by atoms with Gasteiger partial charge in [-0.05, 0) is 53.2 Å². The second-order valence-electron chi connectivity index (χ2n) is 7.73. The van der Waals surface area contributed by atoms with Gasteiger partial charge in [0, 0.05) is 20.1 Å². The number of aromatic nitrogens is 4. The van der Waals surface area contributed by atoms with Crippen molar-refractivity contribution in [1.82, 2.24) is 19.4 Å². The van der Waals surface area contributed by atoms with Crippen molar-refractivity contribution in [3.8, 4) is 22.6 Å². The smallest absolute Gasteiger partial charge is 0.268 e. The van der Waals surface area contributed by atoms with Crippen LogP contribution in [0.25, 0.3) is 50.2 Å². The van der Waals surface area contributed by atoms with Crippen molar-refractivity contribution in [2.75, 3.05) is 0 Å². The molecular formula is C25H14Br2N4O2. The van der Waals surface area contributed by atoms with Crippen LogP contribution in [-0.2, 0) is 0 Å². The van der Waals surface area contributed by atoms with Gasteiger partial charge >= 0.3 is 0 Å².